The largest absolute Gasteiger partial charge is 0.462 e. The zero-order chi connectivity index (χ0) is 22.5. The maximum atomic E-state index is 13.3. The molecule has 0 saturated carbocycles. The number of ether oxygens (including phenoxy) is 1. The Balaban J connectivity index is 1.93. The fraction of sp³-hybridized carbons (Fsp3) is 0.280. The monoisotopic (exact) mass is 438 g/mol. The van der Waals surface area contributed by atoms with E-state index in [4.69, 9.17) is 16.3 Å². The smallest absolute Gasteiger partial charge is 0.340 e. The van der Waals surface area contributed by atoms with Crippen LogP contribution in [0.5, 0.6) is 0 Å². The SMILES string of the molecule is CCOC(=O)c1c(C)[nH]c(CN(Cc2ccc(C)cc2)C(=O)c2ccc(Cl)cc2)c1C. The van der Waals surface area contributed by atoms with E-state index in [1.807, 2.05) is 45.0 Å². The Kier molecular flexibility index (Phi) is 7.18. The Morgan fingerprint density at radius 1 is 0.968 bits per heavy atom. The molecule has 1 N–H and O–H groups in total. The number of nitrogens with one attached hydrogen (secondary N) is 1. The summed E-state index contributed by atoms with van der Waals surface area (Å²) in [5.74, 6) is -0.462. The molecule has 1 amide bonds. The second kappa shape index (κ2) is 9.84. The molecule has 0 bridgehead atoms. The zero-order valence-corrected chi connectivity index (χ0v) is 19.0. The lowest BCUT2D eigenvalue weighted by molar-refractivity contribution is 0.0525. The van der Waals surface area contributed by atoms with Gasteiger partial charge in [-0.05, 0) is 63.1 Å². The molecule has 5 nitrogen and oxygen atoms in total. The number of H-pyrrole nitrogens is 1. The van der Waals surface area contributed by atoms with Gasteiger partial charge in [-0.25, -0.2) is 4.79 Å². The summed E-state index contributed by atoms with van der Waals surface area (Å²) in [4.78, 5) is 30.8. The summed E-state index contributed by atoms with van der Waals surface area (Å²) < 4.78 is 5.19. The van der Waals surface area contributed by atoms with Gasteiger partial charge in [-0.2, -0.15) is 0 Å². The van der Waals surface area contributed by atoms with Gasteiger partial charge in [0, 0.05) is 28.5 Å². The quantitative estimate of drug-likeness (QED) is 0.487. The van der Waals surface area contributed by atoms with Crippen molar-refractivity contribution in [3.63, 3.8) is 0 Å². The number of aryl methyl sites for hydroxylation is 2. The van der Waals surface area contributed by atoms with Gasteiger partial charge in [-0.3, -0.25) is 4.79 Å². The molecule has 0 saturated heterocycles. The molecule has 3 rings (SSSR count). The molecule has 0 atom stereocenters. The summed E-state index contributed by atoms with van der Waals surface area (Å²) in [7, 11) is 0. The number of carbonyl (C=O) groups excluding carboxylic acids is 2. The molecule has 3 aromatic rings. The van der Waals surface area contributed by atoms with E-state index in [1.54, 1.807) is 36.1 Å². The fourth-order valence-corrected chi connectivity index (χ4v) is 3.69. The lowest BCUT2D eigenvalue weighted by Gasteiger charge is -2.23. The first-order valence-electron chi connectivity index (χ1n) is 10.3. The molecule has 2 aromatic carbocycles. The minimum absolute atomic E-state index is 0.110. The van der Waals surface area contributed by atoms with Crippen LogP contribution in [-0.2, 0) is 17.8 Å². The van der Waals surface area contributed by atoms with E-state index in [0.29, 0.717) is 35.8 Å². The van der Waals surface area contributed by atoms with Crippen molar-refractivity contribution in [1.82, 2.24) is 9.88 Å². The van der Waals surface area contributed by atoms with Gasteiger partial charge in [-0.1, -0.05) is 41.4 Å². The third-order valence-corrected chi connectivity index (χ3v) is 5.49. The van der Waals surface area contributed by atoms with Gasteiger partial charge in [-0.15, -0.1) is 0 Å². The Morgan fingerprint density at radius 3 is 2.23 bits per heavy atom. The molecule has 31 heavy (non-hydrogen) atoms. The van der Waals surface area contributed by atoms with E-state index in [9.17, 15) is 9.59 Å². The maximum Gasteiger partial charge on any atom is 0.340 e. The highest BCUT2D eigenvalue weighted by molar-refractivity contribution is 6.30. The van der Waals surface area contributed by atoms with Crippen molar-refractivity contribution in [3.8, 4) is 0 Å². The molecule has 0 aliphatic heterocycles. The number of nitrogens with zero attached hydrogens (tertiary/aromatic N) is 1. The first-order valence-corrected chi connectivity index (χ1v) is 10.6. The van der Waals surface area contributed by atoms with E-state index in [0.717, 1.165) is 28.1 Å². The molecule has 1 heterocycles. The molecule has 162 valence electrons. The molecule has 6 heteroatoms. The van der Waals surface area contributed by atoms with E-state index in [1.165, 1.54) is 0 Å². The zero-order valence-electron chi connectivity index (χ0n) is 18.3. The van der Waals surface area contributed by atoms with E-state index in [-0.39, 0.29) is 11.9 Å². The first-order chi connectivity index (χ1) is 14.8. The summed E-state index contributed by atoms with van der Waals surface area (Å²) in [5, 5.41) is 0.580. The second-order valence-electron chi connectivity index (χ2n) is 7.60. The lowest BCUT2D eigenvalue weighted by Crippen LogP contribution is -2.30. The summed E-state index contributed by atoms with van der Waals surface area (Å²) in [5.41, 5.74) is 5.63. The standard InChI is InChI=1S/C25H27ClN2O3/c1-5-31-25(30)23-17(3)22(27-18(23)4)15-28(14-19-8-6-16(2)7-9-19)24(29)20-10-12-21(26)13-11-20/h6-13,27H,5,14-15H2,1-4H3. The van der Waals surface area contributed by atoms with Crippen LogP contribution >= 0.6 is 11.6 Å². The number of amides is 1. The minimum atomic E-state index is -0.353. The van der Waals surface area contributed by atoms with Crippen LogP contribution < -0.4 is 0 Å². The molecule has 0 unspecified atom stereocenters. The molecule has 0 radical (unpaired) electrons. The van der Waals surface area contributed by atoms with Crippen LogP contribution in [0.1, 0.15) is 55.7 Å². The van der Waals surface area contributed by atoms with Crippen molar-refractivity contribution < 1.29 is 14.3 Å². The number of aromatic nitrogens is 1. The average molecular weight is 439 g/mol. The van der Waals surface area contributed by atoms with Crippen molar-refractivity contribution in [1.29, 1.82) is 0 Å². The van der Waals surface area contributed by atoms with Gasteiger partial charge in [0.2, 0.25) is 0 Å². The number of benzene rings is 2. The topological polar surface area (TPSA) is 62.4 Å². The number of carbonyl (C=O) groups is 2. The Labute approximate surface area is 188 Å². The van der Waals surface area contributed by atoms with Gasteiger partial charge in [0.05, 0.1) is 18.7 Å². The predicted molar refractivity (Wildman–Crippen MR) is 122 cm³/mol. The van der Waals surface area contributed by atoms with E-state index >= 15 is 0 Å². The average Bonchev–Trinajstić information content (AvgIpc) is 3.02. The number of halogens is 1. The lowest BCUT2D eigenvalue weighted by atomic mass is 10.1. The Bertz CT molecular complexity index is 1070. The Hall–Kier alpha value is -3.05. The number of rotatable bonds is 7. The summed E-state index contributed by atoms with van der Waals surface area (Å²) >= 11 is 5.99. The van der Waals surface area contributed by atoms with Crippen LogP contribution in [0.3, 0.4) is 0 Å². The normalized spacial score (nSPS) is 10.7. The third-order valence-electron chi connectivity index (χ3n) is 5.24. The maximum absolute atomic E-state index is 13.3. The molecule has 0 aliphatic carbocycles. The highest BCUT2D eigenvalue weighted by atomic mass is 35.5. The number of aromatic amines is 1. The van der Waals surface area contributed by atoms with Gasteiger partial charge >= 0.3 is 5.97 Å². The van der Waals surface area contributed by atoms with Crippen LogP contribution in [-0.4, -0.2) is 28.4 Å². The number of esters is 1. The van der Waals surface area contributed by atoms with Gasteiger partial charge in [0.1, 0.15) is 0 Å². The number of hydrogen-bond acceptors (Lipinski definition) is 3. The molecule has 1 aromatic heterocycles. The van der Waals surface area contributed by atoms with E-state index < -0.39 is 0 Å². The highest BCUT2D eigenvalue weighted by Gasteiger charge is 2.23. The van der Waals surface area contributed by atoms with Crippen LogP contribution in [0.15, 0.2) is 48.5 Å². The van der Waals surface area contributed by atoms with Crippen molar-refractivity contribution >= 4 is 23.5 Å². The molecular formula is C25H27ClN2O3. The first kappa shape index (κ1) is 22.6. The van der Waals surface area contributed by atoms with E-state index in [2.05, 4.69) is 4.98 Å². The highest BCUT2D eigenvalue weighted by Crippen LogP contribution is 2.23. The molecule has 0 fully saturated rings. The summed E-state index contributed by atoms with van der Waals surface area (Å²) in [6.07, 6.45) is 0. The second-order valence-corrected chi connectivity index (χ2v) is 8.04. The molecule has 0 aliphatic rings. The molecule has 0 spiro atoms. The predicted octanol–water partition coefficient (Wildman–Crippen LogP) is 5.61. The van der Waals surface area contributed by atoms with Crippen LogP contribution in [0.25, 0.3) is 0 Å². The van der Waals surface area contributed by atoms with Gasteiger partial charge in [0.15, 0.2) is 0 Å². The fourth-order valence-electron chi connectivity index (χ4n) is 3.56. The van der Waals surface area contributed by atoms with Crippen LogP contribution in [0.4, 0.5) is 0 Å². The number of hydrogen-bond donors (Lipinski definition) is 1. The van der Waals surface area contributed by atoms with Gasteiger partial charge < -0.3 is 14.6 Å². The van der Waals surface area contributed by atoms with Crippen molar-refractivity contribution in [2.45, 2.75) is 40.8 Å². The van der Waals surface area contributed by atoms with Crippen LogP contribution in [0, 0.1) is 20.8 Å². The summed E-state index contributed by atoms with van der Waals surface area (Å²) in [6.45, 7) is 8.62. The van der Waals surface area contributed by atoms with Crippen LogP contribution in [0.2, 0.25) is 5.02 Å². The summed E-state index contributed by atoms with van der Waals surface area (Å²) in [6, 6.07) is 15.0. The minimum Gasteiger partial charge on any atom is -0.462 e. The Morgan fingerprint density at radius 2 is 1.61 bits per heavy atom. The van der Waals surface area contributed by atoms with Crippen molar-refractivity contribution in [3.05, 3.63) is 92.8 Å². The molecular weight excluding hydrogens is 412 g/mol. The van der Waals surface area contributed by atoms with Gasteiger partial charge in [0.25, 0.3) is 5.91 Å². The third kappa shape index (κ3) is 5.36. The van der Waals surface area contributed by atoms with Crippen molar-refractivity contribution in [2.24, 2.45) is 0 Å². The van der Waals surface area contributed by atoms with Crippen molar-refractivity contribution in [2.75, 3.05) is 6.61 Å².